The molecule has 6 heteroatoms. The minimum absolute atomic E-state index is 0. The van der Waals surface area contributed by atoms with Gasteiger partial charge in [-0.05, 0) is 42.5 Å². The zero-order valence-corrected chi connectivity index (χ0v) is 16.8. The molecule has 0 unspecified atom stereocenters. The van der Waals surface area contributed by atoms with E-state index in [0.717, 1.165) is 37.7 Å². The van der Waals surface area contributed by atoms with Gasteiger partial charge < -0.3 is 16.0 Å². The molecule has 0 atom stereocenters. The van der Waals surface area contributed by atoms with Gasteiger partial charge in [0, 0.05) is 30.7 Å². The maximum absolute atomic E-state index is 4.25. The average molecular weight is 444 g/mol. The highest BCUT2D eigenvalue weighted by molar-refractivity contribution is 14.0. The van der Waals surface area contributed by atoms with E-state index in [2.05, 4.69) is 51.4 Å². The Morgan fingerprint density at radius 2 is 1.87 bits per heavy atom. The average Bonchev–Trinajstić information content (AvgIpc) is 2.96. The zero-order valence-electron chi connectivity index (χ0n) is 13.6. The topological polar surface area (TPSA) is 48.5 Å². The summed E-state index contributed by atoms with van der Waals surface area (Å²) >= 11 is 1.78. The van der Waals surface area contributed by atoms with Crippen molar-refractivity contribution in [1.29, 1.82) is 0 Å². The number of halogens is 1. The van der Waals surface area contributed by atoms with Crippen LogP contribution in [0.1, 0.15) is 16.9 Å². The summed E-state index contributed by atoms with van der Waals surface area (Å²) in [6, 6.07) is 12.4. The van der Waals surface area contributed by atoms with Gasteiger partial charge in [-0.25, -0.2) is 0 Å². The van der Waals surface area contributed by atoms with Crippen LogP contribution in [-0.4, -0.2) is 26.1 Å². The maximum atomic E-state index is 4.25. The van der Waals surface area contributed by atoms with Gasteiger partial charge in [0.15, 0.2) is 5.96 Å². The van der Waals surface area contributed by atoms with Crippen molar-refractivity contribution in [2.75, 3.05) is 25.5 Å². The summed E-state index contributed by atoms with van der Waals surface area (Å²) in [6.45, 7) is 4.80. The minimum Gasteiger partial charge on any atom is -0.385 e. The molecule has 0 amide bonds. The van der Waals surface area contributed by atoms with Gasteiger partial charge in [-0.15, -0.1) is 35.3 Å². The summed E-state index contributed by atoms with van der Waals surface area (Å²) in [5.74, 6) is 0.854. The molecule has 4 nitrogen and oxygen atoms in total. The Kier molecular flexibility index (Phi) is 9.70. The lowest BCUT2D eigenvalue weighted by Crippen LogP contribution is -2.37. The highest BCUT2D eigenvalue weighted by Crippen LogP contribution is 2.14. The summed E-state index contributed by atoms with van der Waals surface area (Å²) in [7, 11) is 1.80. The van der Waals surface area contributed by atoms with Crippen molar-refractivity contribution in [2.24, 2.45) is 4.99 Å². The molecule has 0 aliphatic rings. The molecule has 2 aromatic rings. The highest BCUT2D eigenvalue weighted by atomic mass is 127. The van der Waals surface area contributed by atoms with Crippen LogP contribution in [0.4, 0.5) is 5.69 Å². The molecule has 0 saturated carbocycles. The number of aryl methyl sites for hydroxylation is 1. The summed E-state index contributed by atoms with van der Waals surface area (Å²) in [6.07, 6.45) is 1.04. The van der Waals surface area contributed by atoms with Crippen LogP contribution in [0.5, 0.6) is 0 Å². The van der Waals surface area contributed by atoms with E-state index >= 15 is 0 Å². The highest BCUT2D eigenvalue weighted by Gasteiger charge is 2.01. The second-order valence-corrected chi connectivity index (χ2v) is 6.03. The van der Waals surface area contributed by atoms with E-state index in [1.165, 1.54) is 10.4 Å². The van der Waals surface area contributed by atoms with Crippen LogP contribution in [-0.2, 0) is 6.54 Å². The first-order chi connectivity index (χ1) is 10.8. The van der Waals surface area contributed by atoms with E-state index in [-0.39, 0.29) is 24.0 Å². The first-order valence-corrected chi connectivity index (χ1v) is 8.44. The van der Waals surface area contributed by atoms with Crippen molar-refractivity contribution in [3.05, 3.63) is 52.2 Å². The number of guanidine groups is 1. The molecule has 0 saturated heterocycles. The van der Waals surface area contributed by atoms with Gasteiger partial charge >= 0.3 is 0 Å². The number of hydrogen-bond donors (Lipinski definition) is 3. The van der Waals surface area contributed by atoms with Crippen LogP contribution < -0.4 is 16.0 Å². The van der Waals surface area contributed by atoms with Crippen molar-refractivity contribution in [2.45, 2.75) is 19.9 Å². The van der Waals surface area contributed by atoms with Crippen molar-refractivity contribution < 1.29 is 0 Å². The fraction of sp³-hybridized carbons (Fsp3) is 0.353. The van der Waals surface area contributed by atoms with E-state index in [4.69, 9.17) is 0 Å². The Bertz CT molecular complexity index is 583. The molecule has 0 spiro atoms. The van der Waals surface area contributed by atoms with Crippen molar-refractivity contribution in [3.8, 4) is 0 Å². The molecule has 1 aromatic carbocycles. The van der Waals surface area contributed by atoms with Gasteiger partial charge in [-0.3, -0.25) is 4.99 Å². The van der Waals surface area contributed by atoms with Gasteiger partial charge in [0.05, 0.1) is 6.54 Å². The normalized spacial score (nSPS) is 10.8. The smallest absolute Gasteiger partial charge is 0.191 e. The number of nitrogens with zero attached hydrogens (tertiary/aromatic N) is 1. The Morgan fingerprint density at radius 3 is 2.52 bits per heavy atom. The number of hydrogen-bond acceptors (Lipinski definition) is 3. The molecule has 0 radical (unpaired) electrons. The minimum atomic E-state index is 0. The Hall–Kier alpha value is -1.28. The molecule has 2 rings (SSSR count). The summed E-state index contributed by atoms with van der Waals surface area (Å²) in [5, 5.41) is 12.2. The Labute approximate surface area is 159 Å². The first-order valence-electron chi connectivity index (χ1n) is 7.56. The zero-order chi connectivity index (χ0) is 15.6. The molecule has 3 N–H and O–H groups in total. The first kappa shape index (κ1) is 19.8. The molecule has 1 heterocycles. The maximum Gasteiger partial charge on any atom is 0.191 e. The molecule has 1 aromatic heterocycles. The molecule has 126 valence electrons. The quantitative estimate of drug-likeness (QED) is 0.263. The third-order valence-electron chi connectivity index (χ3n) is 3.36. The third kappa shape index (κ3) is 7.22. The number of benzene rings is 1. The molecular formula is C17H25IN4S. The van der Waals surface area contributed by atoms with Crippen LogP contribution in [0.25, 0.3) is 0 Å². The van der Waals surface area contributed by atoms with E-state index in [0.29, 0.717) is 0 Å². The SMILES string of the molecule is CN=C(NCCCNc1ccccc1)NCc1sccc1C.I. The Balaban J connectivity index is 0.00000264. The predicted molar refractivity (Wildman–Crippen MR) is 112 cm³/mol. The molecular weight excluding hydrogens is 419 g/mol. The molecule has 0 bridgehead atoms. The van der Waals surface area contributed by atoms with Gasteiger partial charge in [-0.1, -0.05) is 18.2 Å². The van der Waals surface area contributed by atoms with Crippen LogP contribution >= 0.6 is 35.3 Å². The predicted octanol–water partition coefficient (Wildman–Crippen LogP) is 3.84. The number of para-hydroxylation sites is 1. The third-order valence-corrected chi connectivity index (χ3v) is 4.38. The van der Waals surface area contributed by atoms with Crippen molar-refractivity contribution in [1.82, 2.24) is 10.6 Å². The summed E-state index contributed by atoms with van der Waals surface area (Å²) in [5.41, 5.74) is 2.50. The Morgan fingerprint density at radius 1 is 1.09 bits per heavy atom. The molecule has 23 heavy (non-hydrogen) atoms. The van der Waals surface area contributed by atoms with Crippen LogP contribution in [0.2, 0.25) is 0 Å². The second kappa shape index (κ2) is 11.3. The van der Waals surface area contributed by atoms with E-state index < -0.39 is 0 Å². The van der Waals surface area contributed by atoms with Gasteiger partial charge in [0.2, 0.25) is 0 Å². The lowest BCUT2D eigenvalue weighted by Gasteiger charge is -2.12. The molecule has 0 aliphatic carbocycles. The molecule has 0 aliphatic heterocycles. The van der Waals surface area contributed by atoms with Gasteiger partial charge in [0.25, 0.3) is 0 Å². The fourth-order valence-corrected chi connectivity index (χ4v) is 2.90. The number of aliphatic imine (C=N–C) groups is 1. The number of anilines is 1. The number of nitrogens with one attached hydrogen (secondary N) is 3. The fourth-order valence-electron chi connectivity index (χ4n) is 2.05. The summed E-state index contributed by atoms with van der Waals surface area (Å²) < 4.78 is 0. The van der Waals surface area contributed by atoms with E-state index in [1.54, 1.807) is 18.4 Å². The van der Waals surface area contributed by atoms with Crippen molar-refractivity contribution >= 4 is 47.0 Å². The molecule has 0 fully saturated rings. The second-order valence-electron chi connectivity index (χ2n) is 5.03. The van der Waals surface area contributed by atoms with Crippen LogP contribution in [0.15, 0.2) is 46.8 Å². The van der Waals surface area contributed by atoms with Crippen molar-refractivity contribution in [3.63, 3.8) is 0 Å². The standard InChI is InChI=1S/C17H24N4S.HI/c1-14-9-12-22-16(14)13-21-17(18-2)20-11-6-10-19-15-7-4-3-5-8-15;/h3-5,7-9,12,19H,6,10-11,13H2,1-2H3,(H2,18,20,21);1H. The van der Waals surface area contributed by atoms with Crippen LogP contribution in [0, 0.1) is 6.92 Å². The largest absolute Gasteiger partial charge is 0.385 e. The van der Waals surface area contributed by atoms with Gasteiger partial charge in [0.1, 0.15) is 0 Å². The van der Waals surface area contributed by atoms with Gasteiger partial charge in [-0.2, -0.15) is 0 Å². The lowest BCUT2D eigenvalue weighted by atomic mass is 10.3. The monoisotopic (exact) mass is 444 g/mol. The van der Waals surface area contributed by atoms with E-state index in [9.17, 15) is 0 Å². The van der Waals surface area contributed by atoms with Crippen LogP contribution in [0.3, 0.4) is 0 Å². The van der Waals surface area contributed by atoms with E-state index in [1.807, 2.05) is 18.2 Å². The number of rotatable bonds is 7. The number of thiophene rings is 1. The lowest BCUT2D eigenvalue weighted by molar-refractivity contribution is 0.764. The summed E-state index contributed by atoms with van der Waals surface area (Å²) in [4.78, 5) is 5.61.